The third-order valence-corrected chi connectivity index (χ3v) is 3.19. The van der Waals surface area contributed by atoms with Crippen molar-refractivity contribution in [3.05, 3.63) is 39.9 Å². The highest BCUT2D eigenvalue weighted by atomic mass is 32.2. The molecule has 1 N–H and O–H groups in total. The molecular formula is C11H16N2O5S. The first-order valence-electron chi connectivity index (χ1n) is 5.65. The molecule has 0 fully saturated rings. The molecule has 0 aromatic heterocycles. The average Bonchev–Trinajstić information content (AvgIpc) is 2.28. The molecule has 0 spiro atoms. The molecule has 0 amide bonds. The van der Waals surface area contributed by atoms with Crippen molar-refractivity contribution < 1.29 is 18.2 Å². The summed E-state index contributed by atoms with van der Waals surface area (Å²) in [5.74, 6) is -0.0783. The third-order valence-electron chi connectivity index (χ3n) is 2.11. The highest BCUT2D eigenvalue weighted by Gasteiger charge is 2.13. The van der Waals surface area contributed by atoms with E-state index in [1.54, 1.807) is 0 Å². The van der Waals surface area contributed by atoms with Crippen molar-refractivity contribution in [2.45, 2.75) is 19.6 Å². The van der Waals surface area contributed by atoms with Gasteiger partial charge in [-0.15, -0.1) is 0 Å². The smallest absolute Gasteiger partial charge is 0.269 e. The van der Waals surface area contributed by atoms with Gasteiger partial charge in [-0.05, 0) is 11.5 Å². The summed E-state index contributed by atoms with van der Waals surface area (Å²) in [6, 6.07) is 5.33. The Morgan fingerprint density at radius 3 is 2.37 bits per heavy atom. The largest absolute Gasteiger partial charge is 0.287 e. The van der Waals surface area contributed by atoms with Gasteiger partial charge in [-0.1, -0.05) is 30.9 Å². The number of non-ortho nitro benzene ring substituents is 1. The highest BCUT2D eigenvalue weighted by molar-refractivity contribution is 7.88. The zero-order chi connectivity index (χ0) is 14.5. The average molecular weight is 288 g/mol. The second kappa shape index (κ2) is 6.60. The molecule has 0 saturated carbocycles. The molecule has 7 nitrogen and oxygen atoms in total. The number of rotatable bonds is 7. The molecule has 8 heteroatoms. The minimum Gasteiger partial charge on any atom is -0.287 e. The lowest BCUT2D eigenvalue weighted by molar-refractivity contribution is -0.384. The van der Waals surface area contributed by atoms with E-state index >= 15 is 0 Å². The van der Waals surface area contributed by atoms with Crippen LogP contribution in [-0.2, 0) is 20.6 Å². The maximum atomic E-state index is 11.6. The predicted molar refractivity (Wildman–Crippen MR) is 69.6 cm³/mol. The van der Waals surface area contributed by atoms with Crippen LogP contribution in [0.4, 0.5) is 5.69 Å². The quantitative estimate of drug-likeness (QED) is 0.607. The number of nitrogens with zero attached hydrogens (tertiary/aromatic N) is 1. The monoisotopic (exact) mass is 288 g/mol. The standard InChI is InChI=1S/C11H16N2O5S/c1-9(2)7-18-12-19(16,17)8-10-3-5-11(6-4-10)13(14)15/h3-6,9,12H,7-8H2,1-2H3. The number of nitro groups is 1. The van der Waals surface area contributed by atoms with Crippen LogP contribution in [-0.4, -0.2) is 19.9 Å². The second-order valence-corrected chi connectivity index (χ2v) is 6.16. The van der Waals surface area contributed by atoms with E-state index in [4.69, 9.17) is 4.84 Å². The molecule has 0 bridgehead atoms. The lowest BCUT2D eigenvalue weighted by atomic mass is 10.2. The summed E-state index contributed by atoms with van der Waals surface area (Å²) >= 11 is 0. The highest BCUT2D eigenvalue weighted by Crippen LogP contribution is 2.13. The molecule has 0 aliphatic carbocycles. The first-order valence-corrected chi connectivity index (χ1v) is 7.30. The van der Waals surface area contributed by atoms with Gasteiger partial charge < -0.3 is 0 Å². The molecule has 106 valence electrons. The molecule has 1 aromatic carbocycles. The Bertz CT molecular complexity index is 525. The van der Waals surface area contributed by atoms with Crippen LogP contribution in [0, 0.1) is 16.0 Å². The number of hydrogen-bond donors (Lipinski definition) is 1. The van der Waals surface area contributed by atoms with Crippen LogP contribution < -0.4 is 4.89 Å². The van der Waals surface area contributed by atoms with Crippen molar-refractivity contribution in [1.29, 1.82) is 0 Å². The van der Waals surface area contributed by atoms with Crippen LogP contribution in [0.5, 0.6) is 0 Å². The Morgan fingerprint density at radius 2 is 1.89 bits per heavy atom. The van der Waals surface area contributed by atoms with Crippen molar-refractivity contribution in [1.82, 2.24) is 4.89 Å². The number of nitrogens with one attached hydrogen (secondary N) is 1. The molecule has 0 saturated heterocycles. The molecule has 0 aliphatic rings. The maximum absolute atomic E-state index is 11.6. The van der Waals surface area contributed by atoms with E-state index in [0.29, 0.717) is 5.56 Å². The van der Waals surface area contributed by atoms with Crippen LogP contribution in [0.2, 0.25) is 0 Å². The summed E-state index contributed by atoms with van der Waals surface area (Å²) in [6.45, 7) is 4.06. The molecule has 1 aromatic rings. The number of sulfonamides is 1. The summed E-state index contributed by atoms with van der Waals surface area (Å²) in [7, 11) is -3.61. The Labute approximate surface area is 111 Å². The van der Waals surface area contributed by atoms with Crippen molar-refractivity contribution >= 4 is 15.7 Å². The van der Waals surface area contributed by atoms with Gasteiger partial charge in [0, 0.05) is 12.1 Å². The zero-order valence-corrected chi connectivity index (χ0v) is 11.5. The molecule has 1 rings (SSSR count). The van der Waals surface area contributed by atoms with Crippen LogP contribution in [0.25, 0.3) is 0 Å². The Balaban J connectivity index is 2.60. The van der Waals surface area contributed by atoms with Gasteiger partial charge in [0.15, 0.2) is 0 Å². The van der Waals surface area contributed by atoms with Gasteiger partial charge in [0.25, 0.3) is 5.69 Å². The van der Waals surface area contributed by atoms with E-state index in [1.165, 1.54) is 24.3 Å². The van der Waals surface area contributed by atoms with Crippen LogP contribution in [0.3, 0.4) is 0 Å². The van der Waals surface area contributed by atoms with E-state index in [2.05, 4.69) is 0 Å². The normalized spacial score (nSPS) is 11.7. The van der Waals surface area contributed by atoms with E-state index < -0.39 is 14.9 Å². The number of benzene rings is 1. The lowest BCUT2D eigenvalue weighted by Gasteiger charge is -2.08. The summed E-state index contributed by atoms with van der Waals surface area (Å²) in [5.41, 5.74) is 0.372. The van der Waals surface area contributed by atoms with Crippen molar-refractivity contribution in [3.8, 4) is 0 Å². The zero-order valence-electron chi connectivity index (χ0n) is 10.7. The molecule has 0 radical (unpaired) electrons. The van der Waals surface area contributed by atoms with Gasteiger partial charge in [-0.25, -0.2) is 8.42 Å². The van der Waals surface area contributed by atoms with Gasteiger partial charge in [-0.3, -0.25) is 15.0 Å². The Morgan fingerprint density at radius 1 is 1.32 bits per heavy atom. The van der Waals surface area contributed by atoms with Gasteiger partial charge >= 0.3 is 0 Å². The SMILES string of the molecule is CC(C)CONS(=O)(=O)Cc1ccc([N+](=O)[O-])cc1. The van der Waals surface area contributed by atoms with E-state index in [-0.39, 0.29) is 24.0 Å². The minimum absolute atomic E-state index is 0.0786. The summed E-state index contributed by atoms with van der Waals surface area (Å²) in [6.07, 6.45) is 0. The van der Waals surface area contributed by atoms with Gasteiger partial charge in [0.05, 0.1) is 17.3 Å². The Hall–Kier alpha value is -1.51. The van der Waals surface area contributed by atoms with E-state index in [0.717, 1.165) is 0 Å². The number of hydrogen-bond acceptors (Lipinski definition) is 5. The third kappa shape index (κ3) is 5.77. The van der Waals surface area contributed by atoms with Crippen molar-refractivity contribution in [2.24, 2.45) is 5.92 Å². The fourth-order valence-electron chi connectivity index (χ4n) is 1.25. The van der Waals surface area contributed by atoms with Crippen LogP contribution >= 0.6 is 0 Å². The fraction of sp³-hybridized carbons (Fsp3) is 0.455. The van der Waals surface area contributed by atoms with Crippen LogP contribution in [0.1, 0.15) is 19.4 Å². The minimum atomic E-state index is -3.61. The number of nitro benzene ring substituents is 1. The predicted octanol–water partition coefficient (Wildman–Crippen LogP) is 1.60. The molecule has 0 unspecified atom stereocenters. The Kier molecular flexibility index (Phi) is 5.40. The fourth-order valence-corrected chi connectivity index (χ4v) is 2.19. The maximum Gasteiger partial charge on any atom is 0.269 e. The van der Waals surface area contributed by atoms with Crippen molar-refractivity contribution in [2.75, 3.05) is 6.61 Å². The second-order valence-electron chi connectivity index (χ2n) is 4.47. The van der Waals surface area contributed by atoms with Gasteiger partial charge in [-0.2, -0.15) is 0 Å². The summed E-state index contributed by atoms with van der Waals surface area (Å²) in [4.78, 5) is 16.8. The molecular weight excluding hydrogens is 272 g/mol. The molecule has 19 heavy (non-hydrogen) atoms. The molecule has 0 atom stereocenters. The van der Waals surface area contributed by atoms with Gasteiger partial charge in [0.2, 0.25) is 10.0 Å². The first-order chi connectivity index (χ1) is 8.80. The molecule has 0 aliphatic heterocycles. The molecule has 0 heterocycles. The van der Waals surface area contributed by atoms with E-state index in [9.17, 15) is 18.5 Å². The first kappa shape index (κ1) is 15.5. The van der Waals surface area contributed by atoms with Crippen molar-refractivity contribution in [3.63, 3.8) is 0 Å². The van der Waals surface area contributed by atoms with Crippen LogP contribution in [0.15, 0.2) is 24.3 Å². The lowest BCUT2D eigenvalue weighted by Crippen LogP contribution is -2.27. The summed E-state index contributed by atoms with van der Waals surface area (Å²) < 4.78 is 23.3. The summed E-state index contributed by atoms with van der Waals surface area (Å²) in [5, 5.41) is 10.5. The van der Waals surface area contributed by atoms with E-state index in [1.807, 2.05) is 18.7 Å². The topological polar surface area (TPSA) is 98.5 Å². The van der Waals surface area contributed by atoms with Gasteiger partial charge in [0.1, 0.15) is 0 Å².